The van der Waals surface area contributed by atoms with Gasteiger partial charge < -0.3 is 20.3 Å². The zero-order chi connectivity index (χ0) is 24.8. The molecule has 182 valence electrons. The van der Waals surface area contributed by atoms with Gasteiger partial charge in [-0.2, -0.15) is 0 Å². The highest BCUT2D eigenvalue weighted by atomic mass is 16.5. The number of benzene rings is 3. The molecule has 3 aromatic carbocycles. The molecule has 4 rings (SSSR count). The third-order valence-electron chi connectivity index (χ3n) is 6.62. The molecular formula is C29H33N3O3. The number of hydrogen-bond donors (Lipinski definition) is 2. The number of methoxy groups -OCH3 is 1. The highest BCUT2D eigenvalue weighted by Gasteiger charge is 2.23. The van der Waals surface area contributed by atoms with Crippen LogP contribution in [0, 0.1) is 5.92 Å². The van der Waals surface area contributed by atoms with Gasteiger partial charge in [0, 0.05) is 30.0 Å². The summed E-state index contributed by atoms with van der Waals surface area (Å²) in [6.07, 6.45) is 2.19. The quantitative estimate of drug-likeness (QED) is 0.465. The molecular weight excluding hydrogens is 438 g/mol. The number of ether oxygens (including phenoxy) is 1. The zero-order valence-corrected chi connectivity index (χ0v) is 20.6. The van der Waals surface area contributed by atoms with Crippen molar-refractivity contribution in [2.75, 3.05) is 30.4 Å². The minimum absolute atomic E-state index is 0.143. The first-order valence-electron chi connectivity index (χ1n) is 12.1. The van der Waals surface area contributed by atoms with Gasteiger partial charge in [-0.25, -0.2) is 0 Å². The molecule has 1 saturated heterocycles. The molecule has 6 heteroatoms. The van der Waals surface area contributed by atoms with Crippen LogP contribution >= 0.6 is 0 Å². The molecule has 2 N–H and O–H groups in total. The minimum atomic E-state index is -0.240. The van der Waals surface area contributed by atoms with E-state index in [0.717, 1.165) is 37.2 Å². The Morgan fingerprint density at radius 2 is 1.63 bits per heavy atom. The summed E-state index contributed by atoms with van der Waals surface area (Å²) in [7, 11) is 1.59. The highest BCUT2D eigenvalue weighted by molar-refractivity contribution is 6.06. The van der Waals surface area contributed by atoms with E-state index in [4.69, 9.17) is 4.74 Å². The van der Waals surface area contributed by atoms with Gasteiger partial charge in [0.1, 0.15) is 5.75 Å². The van der Waals surface area contributed by atoms with Crippen molar-refractivity contribution in [3.8, 4) is 5.75 Å². The van der Waals surface area contributed by atoms with E-state index in [1.165, 1.54) is 0 Å². The first-order chi connectivity index (χ1) is 16.9. The van der Waals surface area contributed by atoms with Crippen LogP contribution in [-0.4, -0.2) is 32.0 Å². The number of nitrogens with one attached hydrogen (secondary N) is 2. The number of anilines is 2. The van der Waals surface area contributed by atoms with E-state index in [2.05, 4.69) is 22.5 Å². The minimum Gasteiger partial charge on any atom is -0.497 e. The fourth-order valence-corrected chi connectivity index (χ4v) is 4.37. The smallest absolute Gasteiger partial charge is 0.255 e. The Morgan fingerprint density at radius 3 is 2.29 bits per heavy atom. The monoisotopic (exact) mass is 471 g/mol. The molecule has 6 nitrogen and oxygen atoms in total. The molecule has 1 aliphatic heterocycles. The summed E-state index contributed by atoms with van der Waals surface area (Å²) in [5.41, 5.74) is 3.60. The first kappa shape index (κ1) is 24.3. The summed E-state index contributed by atoms with van der Waals surface area (Å²) >= 11 is 0. The van der Waals surface area contributed by atoms with Gasteiger partial charge in [0.25, 0.3) is 11.8 Å². The standard InChI is InChI=1S/C29H33N3O3/c1-20-15-17-32(18-16-20)27-14-11-24(31-28(33)23-9-12-25(35-3)13-10-23)19-26(27)29(34)30-21(2)22-7-5-4-6-8-22/h4-14,19-21H,15-18H2,1-3H3,(H,30,34)(H,31,33). The molecule has 0 aliphatic carbocycles. The zero-order valence-electron chi connectivity index (χ0n) is 20.6. The Morgan fingerprint density at radius 1 is 0.943 bits per heavy atom. The molecule has 1 unspecified atom stereocenters. The fraction of sp³-hybridized carbons (Fsp3) is 0.310. The molecule has 0 spiro atoms. The van der Waals surface area contributed by atoms with E-state index >= 15 is 0 Å². The second-order valence-corrected chi connectivity index (χ2v) is 9.19. The third kappa shape index (κ3) is 6.01. The number of rotatable bonds is 7. The summed E-state index contributed by atoms with van der Waals surface area (Å²) in [5, 5.41) is 6.07. The normalized spacial score (nSPS) is 14.8. The predicted molar refractivity (Wildman–Crippen MR) is 140 cm³/mol. The van der Waals surface area contributed by atoms with Crippen LogP contribution in [0.5, 0.6) is 5.75 Å². The molecule has 0 bridgehead atoms. The summed E-state index contributed by atoms with van der Waals surface area (Å²) in [6, 6.07) is 22.3. The lowest BCUT2D eigenvalue weighted by atomic mass is 9.97. The van der Waals surface area contributed by atoms with Gasteiger partial charge in [-0.05, 0) is 73.7 Å². The van der Waals surface area contributed by atoms with Gasteiger partial charge in [0.15, 0.2) is 0 Å². The predicted octanol–water partition coefficient (Wildman–Crippen LogP) is 5.67. The van der Waals surface area contributed by atoms with Crippen molar-refractivity contribution >= 4 is 23.2 Å². The summed E-state index contributed by atoms with van der Waals surface area (Å²) in [4.78, 5) is 28.6. The summed E-state index contributed by atoms with van der Waals surface area (Å²) < 4.78 is 5.17. The average Bonchev–Trinajstić information content (AvgIpc) is 2.89. The number of piperidine rings is 1. The van der Waals surface area contributed by atoms with E-state index in [1.54, 1.807) is 37.4 Å². The van der Waals surface area contributed by atoms with E-state index in [-0.39, 0.29) is 17.9 Å². The molecule has 0 radical (unpaired) electrons. The average molecular weight is 472 g/mol. The Bertz CT molecular complexity index is 1150. The second-order valence-electron chi connectivity index (χ2n) is 9.19. The molecule has 35 heavy (non-hydrogen) atoms. The summed E-state index contributed by atoms with van der Waals surface area (Å²) in [6.45, 7) is 6.07. The molecule has 1 atom stereocenters. The molecule has 0 saturated carbocycles. The molecule has 0 aromatic heterocycles. The van der Waals surface area contributed by atoms with Crippen LogP contribution in [0.15, 0.2) is 72.8 Å². The molecule has 2 amide bonds. The maximum atomic E-state index is 13.5. The van der Waals surface area contributed by atoms with E-state index in [9.17, 15) is 9.59 Å². The molecule has 3 aromatic rings. The number of carbonyl (C=O) groups is 2. The van der Waals surface area contributed by atoms with Crippen molar-refractivity contribution in [2.24, 2.45) is 5.92 Å². The van der Waals surface area contributed by atoms with Crippen molar-refractivity contribution in [3.05, 3.63) is 89.5 Å². The number of carbonyl (C=O) groups excluding carboxylic acids is 2. The van der Waals surface area contributed by atoms with Crippen molar-refractivity contribution < 1.29 is 14.3 Å². The summed E-state index contributed by atoms with van der Waals surface area (Å²) in [5.74, 6) is 0.977. The fourth-order valence-electron chi connectivity index (χ4n) is 4.37. The molecule has 1 heterocycles. The lowest BCUT2D eigenvalue weighted by Crippen LogP contribution is -2.35. The van der Waals surface area contributed by atoms with Crippen molar-refractivity contribution in [3.63, 3.8) is 0 Å². The largest absolute Gasteiger partial charge is 0.497 e. The Balaban J connectivity index is 1.58. The lowest BCUT2D eigenvalue weighted by molar-refractivity contribution is 0.0939. The van der Waals surface area contributed by atoms with Crippen molar-refractivity contribution in [1.29, 1.82) is 0 Å². The van der Waals surface area contributed by atoms with E-state index in [0.29, 0.717) is 28.5 Å². The van der Waals surface area contributed by atoms with Crippen molar-refractivity contribution in [1.82, 2.24) is 5.32 Å². The van der Waals surface area contributed by atoms with Crippen LogP contribution < -0.4 is 20.3 Å². The Kier molecular flexibility index (Phi) is 7.70. The van der Waals surface area contributed by atoms with Gasteiger partial charge in [-0.1, -0.05) is 37.3 Å². The van der Waals surface area contributed by atoms with Crippen LogP contribution in [0.4, 0.5) is 11.4 Å². The number of nitrogens with zero attached hydrogens (tertiary/aromatic N) is 1. The van der Waals surface area contributed by atoms with Gasteiger partial charge in [-0.3, -0.25) is 9.59 Å². The third-order valence-corrected chi connectivity index (χ3v) is 6.62. The molecule has 1 fully saturated rings. The Labute approximate surface area is 207 Å². The van der Waals surface area contributed by atoms with Crippen LogP contribution in [-0.2, 0) is 0 Å². The van der Waals surface area contributed by atoms with Gasteiger partial charge >= 0.3 is 0 Å². The second kappa shape index (κ2) is 11.1. The maximum absolute atomic E-state index is 13.5. The van der Waals surface area contributed by atoms with Crippen LogP contribution in [0.1, 0.15) is 59.0 Å². The first-order valence-corrected chi connectivity index (χ1v) is 12.1. The number of amides is 2. The SMILES string of the molecule is COc1ccc(C(=O)Nc2ccc(N3CCC(C)CC3)c(C(=O)NC(C)c3ccccc3)c2)cc1. The van der Waals surface area contributed by atoms with Gasteiger partial charge in [0.05, 0.1) is 18.7 Å². The van der Waals surface area contributed by atoms with Crippen LogP contribution in [0.25, 0.3) is 0 Å². The van der Waals surface area contributed by atoms with Crippen LogP contribution in [0.2, 0.25) is 0 Å². The van der Waals surface area contributed by atoms with Gasteiger partial charge in [-0.15, -0.1) is 0 Å². The Hall–Kier alpha value is -3.80. The maximum Gasteiger partial charge on any atom is 0.255 e. The van der Waals surface area contributed by atoms with E-state index in [1.807, 2.05) is 49.4 Å². The van der Waals surface area contributed by atoms with Crippen molar-refractivity contribution in [2.45, 2.75) is 32.7 Å². The number of hydrogen-bond acceptors (Lipinski definition) is 4. The highest BCUT2D eigenvalue weighted by Crippen LogP contribution is 2.29. The van der Waals surface area contributed by atoms with E-state index < -0.39 is 0 Å². The van der Waals surface area contributed by atoms with Crippen LogP contribution in [0.3, 0.4) is 0 Å². The lowest BCUT2D eigenvalue weighted by Gasteiger charge is -2.33. The molecule has 1 aliphatic rings. The topological polar surface area (TPSA) is 70.7 Å². The van der Waals surface area contributed by atoms with Gasteiger partial charge in [0.2, 0.25) is 0 Å².